The van der Waals surface area contributed by atoms with Gasteiger partial charge in [-0.05, 0) is 19.4 Å². The molecule has 4 nitrogen and oxygen atoms in total. The number of nitrogens with zero attached hydrogens (tertiary/aromatic N) is 1. The fourth-order valence-electron chi connectivity index (χ4n) is 1.71. The van der Waals surface area contributed by atoms with Gasteiger partial charge < -0.3 is 10.0 Å². The minimum absolute atomic E-state index is 0.154. The Hall–Kier alpha value is -1.58. The van der Waals surface area contributed by atoms with E-state index in [1.807, 2.05) is 0 Å². The molecule has 0 saturated heterocycles. The van der Waals surface area contributed by atoms with E-state index in [0.29, 0.717) is 6.54 Å². The summed E-state index contributed by atoms with van der Waals surface area (Å²) in [6, 6.07) is 0. The lowest BCUT2D eigenvalue weighted by molar-refractivity contribution is -0.132. The lowest BCUT2D eigenvalue weighted by Crippen LogP contribution is -2.26. The smallest absolute Gasteiger partial charge is 0.332 e. The van der Waals surface area contributed by atoms with E-state index in [-0.39, 0.29) is 11.5 Å². The van der Waals surface area contributed by atoms with Crippen LogP contribution in [-0.2, 0) is 9.59 Å². The van der Waals surface area contributed by atoms with Gasteiger partial charge in [-0.15, -0.1) is 0 Å². The first kappa shape index (κ1) is 17.4. The van der Waals surface area contributed by atoms with Crippen molar-refractivity contribution in [3.63, 3.8) is 0 Å². The zero-order chi connectivity index (χ0) is 14.7. The van der Waals surface area contributed by atoms with Gasteiger partial charge in [-0.3, -0.25) is 4.79 Å². The van der Waals surface area contributed by atoms with Gasteiger partial charge in [-0.25, -0.2) is 4.79 Å². The highest BCUT2D eigenvalue weighted by molar-refractivity contribution is 5.90. The average Bonchev–Trinajstić information content (AvgIpc) is 2.39. The summed E-state index contributed by atoms with van der Waals surface area (Å²) in [5.74, 6) is -1.26. The molecule has 0 aliphatic rings. The van der Waals surface area contributed by atoms with Gasteiger partial charge in [0.25, 0.3) is 0 Å². The predicted molar refractivity (Wildman–Crippen MR) is 76.7 cm³/mol. The van der Waals surface area contributed by atoms with E-state index in [0.717, 1.165) is 19.3 Å². The number of rotatable bonds is 10. The summed E-state index contributed by atoms with van der Waals surface area (Å²) in [6.45, 7) is 7.63. The molecule has 0 atom stereocenters. The zero-order valence-corrected chi connectivity index (χ0v) is 12.0. The second-order valence-corrected chi connectivity index (χ2v) is 4.62. The monoisotopic (exact) mass is 267 g/mol. The molecule has 108 valence electrons. The van der Waals surface area contributed by atoms with Crippen LogP contribution in [-0.4, -0.2) is 28.4 Å². The largest absolute Gasteiger partial charge is 0.478 e. The molecular formula is C15H25NO3. The predicted octanol–water partition coefficient (Wildman–Crippen LogP) is 3.35. The van der Waals surface area contributed by atoms with Gasteiger partial charge in [0.1, 0.15) is 0 Å². The van der Waals surface area contributed by atoms with E-state index in [4.69, 9.17) is 5.11 Å². The SMILES string of the molecule is C=CC(=O)N(C=C(C)C(=O)O)CCCCCCCC. The molecule has 0 heterocycles. The topological polar surface area (TPSA) is 57.6 Å². The maximum absolute atomic E-state index is 11.6. The van der Waals surface area contributed by atoms with Crippen LogP contribution in [0.2, 0.25) is 0 Å². The van der Waals surface area contributed by atoms with Gasteiger partial charge in [-0.2, -0.15) is 0 Å². The van der Waals surface area contributed by atoms with E-state index in [2.05, 4.69) is 13.5 Å². The first-order chi connectivity index (χ1) is 9.02. The van der Waals surface area contributed by atoms with E-state index in [1.54, 1.807) is 0 Å². The molecule has 4 heteroatoms. The number of hydrogen-bond donors (Lipinski definition) is 1. The van der Waals surface area contributed by atoms with Gasteiger partial charge in [0.15, 0.2) is 0 Å². The number of carboxylic acid groups (broad SMARTS) is 1. The lowest BCUT2D eigenvalue weighted by atomic mass is 10.1. The van der Waals surface area contributed by atoms with Crippen molar-refractivity contribution in [2.45, 2.75) is 52.4 Å². The summed E-state index contributed by atoms with van der Waals surface area (Å²) in [5, 5.41) is 8.82. The lowest BCUT2D eigenvalue weighted by Gasteiger charge is -2.17. The number of carboxylic acids is 1. The van der Waals surface area contributed by atoms with E-state index in [1.165, 1.54) is 43.4 Å². The molecular weight excluding hydrogens is 242 g/mol. The van der Waals surface area contributed by atoms with Crippen molar-refractivity contribution in [2.75, 3.05) is 6.54 Å². The van der Waals surface area contributed by atoms with Crippen LogP contribution < -0.4 is 0 Å². The molecule has 0 radical (unpaired) electrons. The van der Waals surface area contributed by atoms with Crippen molar-refractivity contribution >= 4 is 11.9 Å². The average molecular weight is 267 g/mol. The second-order valence-electron chi connectivity index (χ2n) is 4.62. The summed E-state index contributed by atoms with van der Waals surface area (Å²) in [4.78, 5) is 23.8. The number of unbranched alkanes of at least 4 members (excludes halogenated alkanes) is 5. The molecule has 1 amide bonds. The van der Waals surface area contributed by atoms with Crippen LogP contribution in [0.5, 0.6) is 0 Å². The molecule has 0 spiro atoms. The summed E-state index contributed by atoms with van der Waals surface area (Å²) >= 11 is 0. The third-order valence-corrected chi connectivity index (χ3v) is 2.90. The van der Waals surface area contributed by atoms with E-state index < -0.39 is 5.97 Å². The van der Waals surface area contributed by atoms with Crippen molar-refractivity contribution in [3.8, 4) is 0 Å². The van der Waals surface area contributed by atoms with Crippen molar-refractivity contribution in [1.82, 2.24) is 4.90 Å². The van der Waals surface area contributed by atoms with Crippen LogP contribution in [0.15, 0.2) is 24.4 Å². The molecule has 0 unspecified atom stereocenters. The molecule has 0 rings (SSSR count). The Morgan fingerprint density at radius 2 is 1.74 bits per heavy atom. The van der Waals surface area contributed by atoms with E-state index >= 15 is 0 Å². The first-order valence-corrected chi connectivity index (χ1v) is 6.87. The Labute approximate surface area is 115 Å². The Kier molecular flexibility index (Phi) is 9.49. The Bertz CT molecular complexity index is 334. The van der Waals surface area contributed by atoms with Gasteiger partial charge in [-0.1, -0.05) is 45.6 Å². The molecule has 0 aliphatic carbocycles. The standard InChI is InChI=1S/C15H25NO3/c1-4-6-7-8-9-10-11-16(14(17)5-2)12-13(3)15(18)19/h5,12H,2,4,6-11H2,1,3H3,(H,18,19). The van der Waals surface area contributed by atoms with Crippen molar-refractivity contribution in [1.29, 1.82) is 0 Å². The fraction of sp³-hybridized carbons (Fsp3) is 0.600. The minimum Gasteiger partial charge on any atom is -0.478 e. The number of carbonyl (C=O) groups is 2. The molecule has 0 bridgehead atoms. The zero-order valence-electron chi connectivity index (χ0n) is 12.0. The Morgan fingerprint density at radius 3 is 2.26 bits per heavy atom. The molecule has 19 heavy (non-hydrogen) atoms. The maximum atomic E-state index is 11.6. The third-order valence-electron chi connectivity index (χ3n) is 2.90. The molecule has 0 aromatic carbocycles. The second kappa shape index (κ2) is 10.4. The van der Waals surface area contributed by atoms with E-state index in [9.17, 15) is 9.59 Å². The van der Waals surface area contributed by atoms with Crippen LogP contribution in [0.1, 0.15) is 52.4 Å². The normalized spacial score (nSPS) is 11.2. The number of hydrogen-bond acceptors (Lipinski definition) is 2. The summed E-state index contributed by atoms with van der Waals surface area (Å²) in [5.41, 5.74) is 0.154. The summed E-state index contributed by atoms with van der Waals surface area (Å²) < 4.78 is 0. The quantitative estimate of drug-likeness (QED) is 0.488. The van der Waals surface area contributed by atoms with Crippen LogP contribution in [0.4, 0.5) is 0 Å². The minimum atomic E-state index is -1.01. The maximum Gasteiger partial charge on any atom is 0.332 e. The molecule has 0 aromatic rings. The van der Waals surface area contributed by atoms with Gasteiger partial charge >= 0.3 is 5.97 Å². The molecule has 0 aromatic heterocycles. The van der Waals surface area contributed by atoms with Crippen LogP contribution in [0.3, 0.4) is 0 Å². The Balaban J connectivity index is 4.23. The summed E-state index contributed by atoms with van der Waals surface area (Å²) in [7, 11) is 0. The fourth-order valence-corrected chi connectivity index (χ4v) is 1.71. The first-order valence-electron chi connectivity index (χ1n) is 6.87. The molecule has 1 N–H and O–H groups in total. The highest BCUT2D eigenvalue weighted by atomic mass is 16.4. The molecule has 0 fully saturated rings. The van der Waals surface area contributed by atoms with Crippen LogP contribution >= 0.6 is 0 Å². The highest BCUT2D eigenvalue weighted by Gasteiger charge is 2.09. The van der Waals surface area contributed by atoms with Crippen molar-refractivity contribution in [3.05, 3.63) is 24.4 Å². The van der Waals surface area contributed by atoms with Gasteiger partial charge in [0.05, 0.1) is 5.57 Å². The van der Waals surface area contributed by atoms with Crippen LogP contribution in [0.25, 0.3) is 0 Å². The number of carbonyl (C=O) groups excluding carboxylic acids is 1. The van der Waals surface area contributed by atoms with Crippen molar-refractivity contribution < 1.29 is 14.7 Å². The van der Waals surface area contributed by atoms with Gasteiger partial charge in [0.2, 0.25) is 5.91 Å². The van der Waals surface area contributed by atoms with Crippen molar-refractivity contribution in [2.24, 2.45) is 0 Å². The molecule has 0 saturated carbocycles. The summed E-state index contributed by atoms with van der Waals surface area (Å²) in [6.07, 6.45) is 9.37. The van der Waals surface area contributed by atoms with Crippen LogP contribution in [0, 0.1) is 0 Å². The Morgan fingerprint density at radius 1 is 1.16 bits per heavy atom. The highest BCUT2D eigenvalue weighted by Crippen LogP contribution is 2.07. The number of amides is 1. The number of aliphatic carboxylic acids is 1. The molecule has 0 aliphatic heterocycles. The third kappa shape index (κ3) is 8.19. The van der Waals surface area contributed by atoms with Gasteiger partial charge in [0, 0.05) is 12.7 Å².